The van der Waals surface area contributed by atoms with Gasteiger partial charge < -0.3 is 4.57 Å². The van der Waals surface area contributed by atoms with Gasteiger partial charge in [-0.1, -0.05) is 11.3 Å². The highest BCUT2D eigenvalue weighted by Crippen LogP contribution is 2.21. The fraction of sp³-hybridized carbons (Fsp3) is 0.0909. The molecule has 0 unspecified atom stereocenters. The number of benzene rings is 2. The van der Waals surface area contributed by atoms with Crippen LogP contribution in [0.5, 0.6) is 0 Å². The molecule has 0 atom stereocenters. The molecule has 0 fully saturated rings. The minimum atomic E-state index is -0.425. The van der Waals surface area contributed by atoms with Crippen LogP contribution in [-0.4, -0.2) is 18.9 Å². The first-order valence-electron chi connectivity index (χ1n) is 9.28. The van der Waals surface area contributed by atoms with E-state index in [0.29, 0.717) is 9.49 Å². The Bertz CT molecular complexity index is 1560. The third kappa shape index (κ3) is 2.81. The van der Waals surface area contributed by atoms with Crippen molar-refractivity contribution >= 4 is 39.1 Å². The number of thiazole rings is 1. The molecule has 148 valence electrons. The number of nitro benzene ring substituents is 1. The van der Waals surface area contributed by atoms with Gasteiger partial charge in [-0.3, -0.25) is 14.9 Å². The van der Waals surface area contributed by atoms with E-state index in [0.717, 1.165) is 33.5 Å². The molecule has 8 heteroatoms. The van der Waals surface area contributed by atoms with E-state index in [-0.39, 0.29) is 11.2 Å². The van der Waals surface area contributed by atoms with E-state index >= 15 is 0 Å². The molecular weight excluding hydrogens is 400 g/mol. The number of aryl methyl sites for hydroxylation is 2. The molecule has 0 aliphatic carbocycles. The quantitative estimate of drug-likeness (QED) is 0.331. The summed E-state index contributed by atoms with van der Waals surface area (Å²) in [6, 6.07) is 14.1. The lowest BCUT2D eigenvalue weighted by Gasteiger charge is -2.05. The van der Waals surface area contributed by atoms with Crippen molar-refractivity contribution in [3.05, 3.63) is 96.5 Å². The van der Waals surface area contributed by atoms with Gasteiger partial charge in [-0.25, -0.2) is 9.38 Å². The average Bonchev–Trinajstić information content (AvgIpc) is 3.39. The first kappa shape index (κ1) is 18.3. The molecule has 0 aliphatic heterocycles. The molecule has 2 aromatic carbocycles. The van der Waals surface area contributed by atoms with Crippen LogP contribution in [0, 0.1) is 24.0 Å². The Kier molecular flexibility index (Phi) is 4.04. The van der Waals surface area contributed by atoms with Gasteiger partial charge in [0.05, 0.1) is 20.5 Å². The summed E-state index contributed by atoms with van der Waals surface area (Å²) < 4.78 is 4.13. The fourth-order valence-corrected chi connectivity index (χ4v) is 4.51. The maximum absolute atomic E-state index is 13.1. The summed E-state index contributed by atoms with van der Waals surface area (Å²) in [6.07, 6.45) is 3.69. The third-order valence-electron chi connectivity index (χ3n) is 5.25. The predicted molar refractivity (Wildman–Crippen MR) is 118 cm³/mol. The second kappa shape index (κ2) is 6.64. The van der Waals surface area contributed by atoms with Crippen molar-refractivity contribution in [2.45, 2.75) is 13.8 Å². The van der Waals surface area contributed by atoms with Gasteiger partial charge >= 0.3 is 0 Å². The third-order valence-corrected chi connectivity index (χ3v) is 6.22. The average molecular weight is 416 g/mol. The van der Waals surface area contributed by atoms with Crippen LogP contribution in [0.4, 0.5) is 5.69 Å². The van der Waals surface area contributed by atoms with E-state index in [1.807, 2.05) is 55.0 Å². The van der Waals surface area contributed by atoms with Gasteiger partial charge in [-0.05, 0) is 67.4 Å². The largest absolute Gasteiger partial charge is 0.317 e. The first-order valence-corrected chi connectivity index (χ1v) is 10.1. The molecule has 5 aromatic rings. The van der Waals surface area contributed by atoms with Crippen LogP contribution >= 0.6 is 11.3 Å². The van der Waals surface area contributed by atoms with Crippen molar-refractivity contribution in [3.8, 4) is 5.69 Å². The summed E-state index contributed by atoms with van der Waals surface area (Å²) >= 11 is 1.35. The van der Waals surface area contributed by atoms with Crippen LogP contribution in [0.3, 0.4) is 0 Å². The lowest BCUT2D eigenvalue weighted by Crippen LogP contribution is -2.23. The molecule has 0 saturated carbocycles. The van der Waals surface area contributed by atoms with Gasteiger partial charge in [-0.2, -0.15) is 0 Å². The summed E-state index contributed by atoms with van der Waals surface area (Å²) in [7, 11) is 0. The lowest BCUT2D eigenvalue weighted by atomic mass is 10.1. The number of fused-ring (bicyclic) bond motifs is 3. The van der Waals surface area contributed by atoms with Crippen LogP contribution in [0.1, 0.15) is 16.8 Å². The molecule has 0 saturated heterocycles. The fourth-order valence-electron chi connectivity index (χ4n) is 3.53. The highest BCUT2D eigenvalue weighted by atomic mass is 32.1. The van der Waals surface area contributed by atoms with Gasteiger partial charge in [0.2, 0.25) is 0 Å². The molecule has 0 spiro atoms. The molecule has 0 aliphatic rings. The molecule has 0 N–H and O–H groups in total. The van der Waals surface area contributed by atoms with Crippen molar-refractivity contribution in [3.63, 3.8) is 0 Å². The Morgan fingerprint density at radius 1 is 1.10 bits per heavy atom. The first-order chi connectivity index (χ1) is 14.4. The second-order valence-electron chi connectivity index (χ2n) is 7.15. The van der Waals surface area contributed by atoms with Crippen molar-refractivity contribution in [1.82, 2.24) is 14.0 Å². The van der Waals surface area contributed by atoms with E-state index in [1.54, 1.807) is 16.5 Å². The molecule has 0 radical (unpaired) electrons. The van der Waals surface area contributed by atoms with Crippen LogP contribution in [0.15, 0.2) is 59.5 Å². The predicted octanol–water partition coefficient (Wildman–Crippen LogP) is 3.77. The molecule has 30 heavy (non-hydrogen) atoms. The number of non-ortho nitro benzene ring substituents is 1. The van der Waals surface area contributed by atoms with Crippen molar-refractivity contribution in [2.24, 2.45) is 0 Å². The number of hydrogen-bond acceptors (Lipinski definition) is 5. The number of nitrogens with zero attached hydrogens (tertiary/aromatic N) is 4. The molecule has 5 rings (SSSR count). The minimum absolute atomic E-state index is 0.0372. The topological polar surface area (TPSA) is 82.4 Å². The van der Waals surface area contributed by atoms with Crippen molar-refractivity contribution in [1.29, 1.82) is 0 Å². The molecule has 7 nitrogen and oxygen atoms in total. The van der Waals surface area contributed by atoms with E-state index in [4.69, 9.17) is 0 Å². The number of imidazole rings is 1. The van der Waals surface area contributed by atoms with Crippen LogP contribution in [0.2, 0.25) is 0 Å². The van der Waals surface area contributed by atoms with Gasteiger partial charge in [-0.15, -0.1) is 0 Å². The van der Waals surface area contributed by atoms with Crippen LogP contribution < -0.4 is 10.1 Å². The highest BCUT2D eigenvalue weighted by Gasteiger charge is 2.13. The van der Waals surface area contributed by atoms with Crippen LogP contribution in [0.25, 0.3) is 27.8 Å². The number of nitro groups is 1. The van der Waals surface area contributed by atoms with Crippen molar-refractivity contribution in [2.75, 3.05) is 0 Å². The second-order valence-corrected chi connectivity index (χ2v) is 8.16. The number of rotatable bonds is 3. The molecular formula is C22H16N4O3S. The number of aromatic nitrogens is 3. The Hall–Kier alpha value is -3.78. The van der Waals surface area contributed by atoms with E-state index in [9.17, 15) is 14.9 Å². The molecule has 3 heterocycles. The van der Waals surface area contributed by atoms with Crippen molar-refractivity contribution < 1.29 is 4.92 Å². The smallest absolute Gasteiger partial charge is 0.275 e. The zero-order valence-electron chi connectivity index (χ0n) is 16.2. The summed E-state index contributed by atoms with van der Waals surface area (Å²) in [4.78, 5) is 28.9. The zero-order chi connectivity index (χ0) is 21.0. The van der Waals surface area contributed by atoms with Gasteiger partial charge in [0.25, 0.3) is 11.2 Å². The van der Waals surface area contributed by atoms with Gasteiger partial charge in [0, 0.05) is 29.7 Å². The standard InChI is InChI=1S/C22H16N4O3S/c1-13-10-18-19(11-14(13)2)25-21(27)20(30-22(25)23-18)12-17-4-3-9-24(17)15-5-7-16(8-6-15)26(28)29/h3-12H,1-2H3/b20-12-. The Labute approximate surface area is 174 Å². The summed E-state index contributed by atoms with van der Waals surface area (Å²) in [6.45, 7) is 4.06. The number of hydrogen-bond donors (Lipinski definition) is 0. The molecule has 0 bridgehead atoms. The molecule has 3 aromatic heterocycles. The van der Waals surface area contributed by atoms with E-state index < -0.39 is 4.92 Å². The minimum Gasteiger partial charge on any atom is -0.317 e. The SMILES string of the molecule is Cc1cc2nc3s/c(=C\c4cccn4-c4ccc([N+](=O)[O-])cc4)c(=O)n3c2cc1C. The maximum Gasteiger partial charge on any atom is 0.275 e. The monoisotopic (exact) mass is 416 g/mol. The maximum atomic E-state index is 13.1. The summed E-state index contributed by atoms with van der Waals surface area (Å²) in [5, 5.41) is 10.9. The lowest BCUT2D eigenvalue weighted by molar-refractivity contribution is -0.384. The van der Waals surface area contributed by atoms with Gasteiger partial charge in [0.15, 0.2) is 4.96 Å². The highest BCUT2D eigenvalue weighted by molar-refractivity contribution is 7.15. The Morgan fingerprint density at radius 3 is 2.57 bits per heavy atom. The van der Waals surface area contributed by atoms with Gasteiger partial charge in [0.1, 0.15) is 0 Å². The Balaban J connectivity index is 1.65. The normalized spacial score (nSPS) is 12.3. The van der Waals surface area contributed by atoms with E-state index in [2.05, 4.69) is 4.98 Å². The summed E-state index contributed by atoms with van der Waals surface area (Å²) in [5.74, 6) is 0. The van der Waals surface area contributed by atoms with Crippen LogP contribution in [-0.2, 0) is 0 Å². The van der Waals surface area contributed by atoms with E-state index in [1.165, 1.54) is 23.5 Å². The Morgan fingerprint density at radius 2 is 1.83 bits per heavy atom. The molecule has 0 amide bonds. The zero-order valence-corrected chi connectivity index (χ0v) is 17.0. The summed E-state index contributed by atoms with van der Waals surface area (Å²) in [5.41, 5.74) is 5.43.